The Morgan fingerprint density at radius 3 is 2.32 bits per heavy atom. The van der Waals surface area contributed by atoms with E-state index in [2.05, 4.69) is 10.6 Å². The highest BCUT2D eigenvalue weighted by Crippen LogP contribution is 2.23. The number of nitrogens with one attached hydrogen (secondary N) is 2. The summed E-state index contributed by atoms with van der Waals surface area (Å²) in [4.78, 5) is 24.0. The third kappa shape index (κ3) is 6.34. The van der Waals surface area contributed by atoms with E-state index < -0.39 is 5.60 Å². The highest BCUT2D eigenvalue weighted by Gasteiger charge is 2.26. The molecule has 3 N–H and O–H groups in total. The van der Waals surface area contributed by atoms with E-state index in [0.29, 0.717) is 0 Å². The number of aliphatic hydroxyl groups is 1. The Bertz CT molecular complexity index is 374. The van der Waals surface area contributed by atoms with Gasteiger partial charge in [-0.25, -0.2) is 0 Å². The second-order valence-electron chi connectivity index (χ2n) is 7.24. The van der Waals surface area contributed by atoms with Crippen molar-refractivity contribution in [1.82, 2.24) is 10.6 Å². The van der Waals surface area contributed by atoms with Crippen LogP contribution in [0.4, 0.5) is 0 Å². The maximum atomic E-state index is 12.1. The zero-order valence-corrected chi connectivity index (χ0v) is 14.4. The Labute approximate surface area is 134 Å². The maximum absolute atomic E-state index is 12.1. The van der Waals surface area contributed by atoms with Crippen LogP contribution >= 0.6 is 0 Å². The summed E-state index contributed by atoms with van der Waals surface area (Å²) in [7, 11) is 0. The van der Waals surface area contributed by atoms with E-state index in [-0.39, 0.29) is 42.7 Å². The van der Waals surface area contributed by atoms with E-state index >= 15 is 0 Å². The van der Waals surface area contributed by atoms with Gasteiger partial charge < -0.3 is 15.7 Å². The standard InChI is InChI=1S/C17H32N2O3/c1-12(2)17(4,22)11-18-15(20)10-13(3)19-16(21)14-8-6-5-7-9-14/h12-14,22H,5-11H2,1-4H3,(H,18,20)(H,19,21). The van der Waals surface area contributed by atoms with Crippen LogP contribution in [0.15, 0.2) is 0 Å². The molecular weight excluding hydrogens is 280 g/mol. The lowest BCUT2D eigenvalue weighted by molar-refractivity contribution is -0.127. The normalized spacial score (nSPS) is 20.3. The van der Waals surface area contributed by atoms with Crippen LogP contribution in [0.5, 0.6) is 0 Å². The molecule has 1 fully saturated rings. The predicted molar refractivity (Wildman–Crippen MR) is 87.3 cm³/mol. The van der Waals surface area contributed by atoms with Gasteiger partial charge in [0.2, 0.25) is 11.8 Å². The van der Waals surface area contributed by atoms with Crippen molar-refractivity contribution in [2.24, 2.45) is 11.8 Å². The van der Waals surface area contributed by atoms with Crippen molar-refractivity contribution in [1.29, 1.82) is 0 Å². The molecule has 22 heavy (non-hydrogen) atoms. The number of hydrogen-bond acceptors (Lipinski definition) is 3. The number of hydrogen-bond donors (Lipinski definition) is 3. The highest BCUT2D eigenvalue weighted by molar-refractivity contribution is 5.81. The van der Waals surface area contributed by atoms with Crippen LogP contribution < -0.4 is 10.6 Å². The average molecular weight is 312 g/mol. The largest absolute Gasteiger partial charge is 0.388 e. The monoisotopic (exact) mass is 312 g/mol. The first-order valence-electron chi connectivity index (χ1n) is 8.52. The summed E-state index contributed by atoms with van der Waals surface area (Å²) in [6, 6.07) is -0.182. The summed E-state index contributed by atoms with van der Waals surface area (Å²) in [5, 5.41) is 15.8. The molecule has 0 spiro atoms. The molecule has 0 saturated heterocycles. The molecule has 0 aromatic rings. The smallest absolute Gasteiger partial charge is 0.223 e. The Morgan fingerprint density at radius 1 is 1.18 bits per heavy atom. The molecule has 1 aliphatic carbocycles. The van der Waals surface area contributed by atoms with Crippen molar-refractivity contribution < 1.29 is 14.7 Å². The summed E-state index contributed by atoms with van der Waals surface area (Å²) < 4.78 is 0. The molecule has 0 radical (unpaired) electrons. The van der Waals surface area contributed by atoms with E-state index in [9.17, 15) is 14.7 Å². The minimum absolute atomic E-state index is 0.0660. The van der Waals surface area contributed by atoms with Gasteiger partial charge in [0, 0.05) is 24.9 Å². The minimum Gasteiger partial charge on any atom is -0.388 e. The molecule has 2 unspecified atom stereocenters. The Kier molecular flexibility index (Phi) is 7.33. The van der Waals surface area contributed by atoms with Crippen molar-refractivity contribution in [2.45, 2.75) is 77.9 Å². The van der Waals surface area contributed by atoms with Crippen LogP contribution in [0.2, 0.25) is 0 Å². The third-order valence-corrected chi connectivity index (χ3v) is 4.74. The average Bonchev–Trinajstić information content (AvgIpc) is 2.45. The minimum atomic E-state index is -0.912. The Balaban J connectivity index is 2.30. The Morgan fingerprint density at radius 2 is 1.77 bits per heavy atom. The lowest BCUT2D eigenvalue weighted by atomic mass is 9.88. The second kappa shape index (κ2) is 8.51. The van der Waals surface area contributed by atoms with Crippen molar-refractivity contribution in [3.8, 4) is 0 Å². The van der Waals surface area contributed by atoms with Gasteiger partial charge in [0.05, 0.1) is 5.60 Å². The summed E-state index contributed by atoms with van der Waals surface area (Å²) >= 11 is 0. The first kappa shape index (κ1) is 18.9. The second-order valence-corrected chi connectivity index (χ2v) is 7.24. The lowest BCUT2D eigenvalue weighted by Crippen LogP contribution is -2.46. The summed E-state index contributed by atoms with van der Waals surface area (Å²) in [5.74, 6) is 0.115. The van der Waals surface area contributed by atoms with Crippen LogP contribution in [-0.2, 0) is 9.59 Å². The molecule has 0 heterocycles. The molecule has 1 saturated carbocycles. The maximum Gasteiger partial charge on any atom is 0.223 e. The molecule has 0 aromatic carbocycles. The van der Waals surface area contributed by atoms with E-state index in [0.717, 1.165) is 25.7 Å². The van der Waals surface area contributed by atoms with Gasteiger partial charge in [-0.05, 0) is 32.6 Å². The number of amides is 2. The van der Waals surface area contributed by atoms with Crippen LogP contribution in [-0.4, -0.2) is 35.1 Å². The fourth-order valence-corrected chi connectivity index (χ4v) is 2.61. The molecular formula is C17H32N2O3. The molecule has 5 heteroatoms. The van der Waals surface area contributed by atoms with Crippen molar-refractivity contribution in [2.75, 3.05) is 6.54 Å². The summed E-state index contributed by atoms with van der Waals surface area (Å²) in [6.45, 7) is 7.62. The first-order chi connectivity index (χ1) is 10.2. The molecule has 5 nitrogen and oxygen atoms in total. The van der Waals surface area contributed by atoms with E-state index in [1.807, 2.05) is 20.8 Å². The van der Waals surface area contributed by atoms with E-state index in [1.54, 1.807) is 6.92 Å². The van der Waals surface area contributed by atoms with Crippen molar-refractivity contribution in [3.63, 3.8) is 0 Å². The fourth-order valence-electron chi connectivity index (χ4n) is 2.61. The molecule has 1 aliphatic rings. The quantitative estimate of drug-likeness (QED) is 0.672. The van der Waals surface area contributed by atoms with Gasteiger partial charge in [-0.3, -0.25) is 9.59 Å². The molecule has 0 bridgehead atoms. The van der Waals surface area contributed by atoms with Gasteiger partial charge in [0.25, 0.3) is 0 Å². The van der Waals surface area contributed by atoms with Crippen molar-refractivity contribution >= 4 is 11.8 Å². The molecule has 2 amide bonds. The van der Waals surface area contributed by atoms with Crippen LogP contribution in [0.1, 0.15) is 66.2 Å². The number of rotatable bonds is 7. The molecule has 2 atom stereocenters. The SMILES string of the molecule is CC(CC(=O)NCC(C)(O)C(C)C)NC(=O)C1CCCCC1. The number of carbonyl (C=O) groups is 2. The zero-order chi connectivity index (χ0) is 16.8. The zero-order valence-electron chi connectivity index (χ0n) is 14.4. The predicted octanol–water partition coefficient (Wildman–Crippen LogP) is 1.98. The van der Waals surface area contributed by atoms with Crippen molar-refractivity contribution in [3.05, 3.63) is 0 Å². The van der Waals surface area contributed by atoms with Gasteiger partial charge in [-0.2, -0.15) is 0 Å². The van der Waals surface area contributed by atoms with Crippen LogP contribution in [0, 0.1) is 11.8 Å². The van der Waals surface area contributed by atoms with E-state index in [4.69, 9.17) is 0 Å². The molecule has 1 rings (SSSR count). The first-order valence-corrected chi connectivity index (χ1v) is 8.52. The third-order valence-electron chi connectivity index (χ3n) is 4.74. The van der Waals surface area contributed by atoms with Gasteiger partial charge in [-0.1, -0.05) is 33.1 Å². The number of carbonyl (C=O) groups excluding carboxylic acids is 2. The molecule has 0 aromatic heterocycles. The van der Waals surface area contributed by atoms with Gasteiger partial charge >= 0.3 is 0 Å². The van der Waals surface area contributed by atoms with Crippen LogP contribution in [0.25, 0.3) is 0 Å². The summed E-state index contributed by atoms with van der Waals surface area (Å²) in [6.07, 6.45) is 5.63. The van der Waals surface area contributed by atoms with Gasteiger partial charge in [0.15, 0.2) is 0 Å². The van der Waals surface area contributed by atoms with E-state index in [1.165, 1.54) is 6.42 Å². The molecule has 128 valence electrons. The topological polar surface area (TPSA) is 78.4 Å². The Hall–Kier alpha value is -1.10. The summed E-state index contributed by atoms with van der Waals surface area (Å²) in [5.41, 5.74) is -0.912. The highest BCUT2D eigenvalue weighted by atomic mass is 16.3. The fraction of sp³-hybridized carbons (Fsp3) is 0.882. The van der Waals surface area contributed by atoms with Crippen LogP contribution in [0.3, 0.4) is 0 Å². The lowest BCUT2D eigenvalue weighted by Gasteiger charge is -2.28. The molecule has 0 aliphatic heterocycles. The van der Waals surface area contributed by atoms with Gasteiger partial charge in [0.1, 0.15) is 0 Å². The van der Waals surface area contributed by atoms with Gasteiger partial charge in [-0.15, -0.1) is 0 Å².